The van der Waals surface area contributed by atoms with E-state index in [1.54, 1.807) is 19.6 Å². The molecule has 1 aromatic rings. The maximum absolute atomic E-state index is 10.2. The van der Waals surface area contributed by atoms with Crippen LogP contribution >= 0.6 is 24.0 Å². The fourth-order valence-corrected chi connectivity index (χ4v) is 2.69. The molecule has 21 heavy (non-hydrogen) atoms. The fraction of sp³-hybridized carbons (Fsp3) is 0.667. The first-order chi connectivity index (χ1) is 9.79. The predicted octanol–water partition coefficient (Wildman–Crippen LogP) is 2.50. The molecular formula is C15H26IN3O2. The van der Waals surface area contributed by atoms with Crippen LogP contribution in [0.25, 0.3) is 0 Å². The summed E-state index contributed by atoms with van der Waals surface area (Å²) in [6, 6.07) is 1.91. The van der Waals surface area contributed by atoms with E-state index in [0.29, 0.717) is 25.0 Å². The molecule has 0 spiro atoms. The largest absolute Gasteiger partial charge is 0.472 e. The average molecular weight is 407 g/mol. The Morgan fingerprint density at radius 3 is 2.76 bits per heavy atom. The quantitative estimate of drug-likeness (QED) is 0.399. The van der Waals surface area contributed by atoms with Crippen LogP contribution in [0.5, 0.6) is 0 Å². The van der Waals surface area contributed by atoms with Crippen LogP contribution in [0, 0.1) is 5.92 Å². The number of hydrogen-bond donors (Lipinski definition) is 3. The number of nitrogens with zero attached hydrogens (tertiary/aromatic N) is 1. The highest BCUT2D eigenvalue weighted by Crippen LogP contribution is 2.26. The number of aliphatic imine (C=N–C) groups is 1. The van der Waals surface area contributed by atoms with Crippen LogP contribution < -0.4 is 10.6 Å². The third-order valence-corrected chi connectivity index (χ3v) is 3.94. The molecule has 3 N–H and O–H groups in total. The Bertz CT molecular complexity index is 403. The van der Waals surface area contributed by atoms with Gasteiger partial charge in [-0.2, -0.15) is 0 Å². The molecule has 5 nitrogen and oxygen atoms in total. The van der Waals surface area contributed by atoms with Crippen molar-refractivity contribution in [3.05, 3.63) is 24.2 Å². The van der Waals surface area contributed by atoms with Gasteiger partial charge in [0, 0.05) is 25.7 Å². The zero-order chi connectivity index (χ0) is 14.2. The van der Waals surface area contributed by atoms with Crippen LogP contribution in [0.1, 0.15) is 37.7 Å². The molecule has 0 radical (unpaired) electrons. The summed E-state index contributed by atoms with van der Waals surface area (Å²) < 4.78 is 5.02. The number of aliphatic hydroxyl groups is 1. The van der Waals surface area contributed by atoms with Crippen molar-refractivity contribution in [2.45, 2.75) is 44.8 Å². The Kier molecular flexibility index (Phi) is 8.75. The third-order valence-electron chi connectivity index (χ3n) is 3.94. The van der Waals surface area contributed by atoms with Gasteiger partial charge in [-0.05, 0) is 24.8 Å². The van der Waals surface area contributed by atoms with Crippen LogP contribution in [0.4, 0.5) is 0 Å². The highest BCUT2D eigenvalue weighted by Gasteiger charge is 2.21. The molecule has 1 atom stereocenters. The zero-order valence-corrected chi connectivity index (χ0v) is 14.9. The maximum Gasteiger partial charge on any atom is 0.191 e. The molecule has 1 aliphatic rings. The Morgan fingerprint density at radius 2 is 2.14 bits per heavy atom. The highest BCUT2D eigenvalue weighted by molar-refractivity contribution is 14.0. The first kappa shape index (κ1) is 18.3. The van der Waals surface area contributed by atoms with Crippen LogP contribution in [0.2, 0.25) is 0 Å². The smallest absolute Gasteiger partial charge is 0.191 e. The van der Waals surface area contributed by atoms with Crippen molar-refractivity contribution in [3.63, 3.8) is 0 Å². The normalized spacial score (nSPS) is 17.9. The van der Waals surface area contributed by atoms with Crippen molar-refractivity contribution in [3.8, 4) is 0 Å². The molecule has 6 heteroatoms. The minimum Gasteiger partial charge on any atom is -0.472 e. The van der Waals surface area contributed by atoms with Gasteiger partial charge in [0.05, 0.1) is 18.6 Å². The second kappa shape index (κ2) is 10.0. The Balaban J connectivity index is 0.00000220. The number of guanidine groups is 1. The molecular weight excluding hydrogens is 381 g/mol. The lowest BCUT2D eigenvalue weighted by Crippen LogP contribution is -2.43. The second-order valence-corrected chi connectivity index (χ2v) is 5.40. The lowest BCUT2D eigenvalue weighted by atomic mass is 9.85. The van der Waals surface area contributed by atoms with E-state index in [4.69, 9.17) is 4.42 Å². The number of nitrogens with one attached hydrogen (secondary N) is 2. The van der Waals surface area contributed by atoms with Gasteiger partial charge < -0.3 is 20.2 Å². The Labute approximate surface area is 143 Å². The number of halogens is 1. The van der Waals surface area contributed by atoms with E-state index in [2.05, 4.69) is 15.6 Å². The summed E-state index contributed by atoms with van der Waals surface area (Å²) >= 11 is 0. The van der Waals surface area contributed by atoms with Crippen molar-refractivity contribution in [2.75, 3.05) is 13.6 Å². The van der Waals surface area contributed by atoms with E-state index in [9.17, 15) is 5.11 Å². The molecule has 1 fully saturated rings. The van der Waals surface area contributed by atoms with Crippen molar-refractivity contribution in [2.24, 2.45) is 10.9 Å². The molecule has 0 bridgehead atoms. The lowest BCUT2D eigenvalue weighted by molar-refractivity contribution is 0.0880. The number of aliphatic hydroxyl groups excluding tert-OH is 1. The summed E-state index contributed by atoms with van der Waals surface area (Å²) in [6.07, 6.45) is 9.16. The molecule has 120 valence electrons. The van der Waals surface area contributed by atoms with Crippen LogP contribution in [-0.2, 0) is 6.54 Å². The SMILES string of the molecule is CN=C(NCc1ccoc1)NCC(O)C1CCCCC1.I. The van der Waals surface area contributed by atoms with Gasteiger partial charge in [0.15, 0.2) is 5.96 Å². The number of hydrogen-bond acceptors (Lipinski definition) is 3. The molecule has 1 aromatic heterocycles. The van der Waals surface area contributed by atoms with Gasteiger partial charge in [-0.1, -0.05) is 19.3 Å². The molecule has 2 rings (SSSR count). The molecule has 0 saturated heterocycles. The Morgan fingerprint density at radius 1 is 1.38 bits per heavy atom. The molecule has 1 heterocycles. The minimum atomic E-state index is -0.289. The van der Waals surface area contributed by atoms with Gasteiger partial charge in [0.1, 0.15) is 0 Å². The molecule has 0 amide bonds. The van der Waals surface area contributed by atoms with Crippen molar-refractivity contribution < 1.29 is 9.52 Å². The first-order valence-corrected chi connectivity index (χ1v) is 7.43. The highest BCUT2D eigenvalue weighted by atomic mass is 127. The molecule has 0 aliphatic heterocycles. The summed E-state index contributed by atoms with van der Waals surface area (Å²) in [5.74, 6) is 1.14. The van der Waals surface area contributed by atoms with Gasteiger partial charge in [-0.15, -0.1) is 24.0 Å². The second-order valence-electron chi connectivity index (χ2n) is 5.40. The van der Waals surface area contributed by atoms with Gasteiger partial charge in [-0.3, -0.25) is 4.99 Å². The van der Waals surface area contributed by atoms with Crippen LogP contribution in [0.15, 0.2) is 28.0 Å². The summed E-state index contributed by atoms with van der Waals surface area (Å²) in [4.78, 5) is 4.16. The predicted molar refractivity (Wildman–Crippen MR) is 94.9 cm³/mol. The van der Waals surface area contributed by atoms with Crippen LogP contribution in [-0.4, -0.2) is 30.8 Å². The van der Waals surface area contributed by atoms with Gasteiger partial charge in [-0.25, -0.2) is 0 Å². The average Bonchev–Trinajstić information content (AvgIpc) is 3.01. The molecule has 0 aromatic carbocycles. The van der Waals surface area contributed by atoms with E-state index in [-0.39, 0.29) is 30.1 Å². The van der Waals surface area contributed by atoms with E-state index in [1.165, 1.54) is 19.3 Å². The minimum absolute atomic E-state index is 0. The molecule has 1 unspecified atom stereocenters. The van der Waals surface area contributed by atoms with Crippen molar-refractivity contribution >= 4 is 29.9 Å². The van der Waals surface area contributed by atoms with Crippen molar-refractivity contribution in [1.82, 2.24) is 10.6 Å². The van der Waals surface area contributed by atoms with Crippen LogP contribution in [0.3, 0.4) is 0 Å². The van der Waals surface area contributed by atoms with E-state index >= 15 is 0 Å². The number of rotatable bonds is 5. The Hall–Kier alpha value is -0.760. The molecule has 1 saturated carbocycles. The van der Waals surface area contributed by atoms with E-state index in [1.807, 2.05) is 6.07 Å². The number of furan rings is 1. The standard InChI is InChI=1S/C15H25N3O2.HI/c1-16-15(17-9-12-7-8-20-11-12)18-10-14(19)13-5-3-2-4-6-13;/h7-8,11,13-14,19H,2-6,9-10H2,1H3,(H2,16,17,18);1H. The zero-order valence-electron chi connectivity index (χ0n) is 12.5. The fourth-order valence-electron chi connectivity index (χ4n) is 2.69. The topological polar surface area (TPSA) is 69.8 Å². The third kappa shape index (κ3) is 6.25. The molecule has 1 aliphatic carbocycles. The van der Waals surface area contributed by atoms with Gasteiger partial charge >= 0.3 is 0 Å². The summed E-state index contributed by atoms with van der Waals surface area (Å²) in [5, 5.41) is 16.6. The van der Waals surface area contributed by atoms with Crippen molar-refractivity contribution in [1.29, 1.82) is 0 Å². The first-order valence-electron chi connectivity index (χ1n) is 7.43. The maximum atomic E-state index is 10.2. The monoisotopic (exact) mass is 407 g/mol. The van der Waals surface area contributed by atoms with Gasteiger partial charge in [0.25, 0.3) is 0 Å². The summed E-state index contributed by atoms with van der Waals surface area (Å²) in [5.41, 5.74) is 1.07. The van der Waals surface area contributed by atoms with E-state index < -0.39 is 0 Å². The van der Waals surface area contributed by atoms with E-state index in [0.717, 1.165) is 18.4 Å². The summed E-state index contributed by atoms with van der Waals surface area (Å²) in [6.45, 7) is 1.21. The van der Waals surface area contributed by atoms with Gasteiger partial charge in [0.2, 0.25) is 0 Å². The lowest BCUT2D eigenvalue weighted by Gasteiger charge is -2.27. The summed E-state index contributed by atoms with van der Waals surface area (Å²) in [7, 11) is 1.73.